The zero-order chi connectivity index (χ0) is 20.7. The van der Waals surface area contributed by atoms with E-state index in [1.807, 2.05) is 0 Å². The maximum Gasteiger partial charge on any atom is 0.573 e. The standard InChI is InChI=1S/C19H24F3N3O3/c1-5-6-7-10-27-18-17(23-3)25-16(12(2)24-18)14-9-8-13(11-15(14)26-4)28-19(20,21)22/h8-9,11H,5-7,10H2,1-4H3,(H,23,25). The van der Waals surface area contributed by atoms with E-state index in [4.69, 9.17) is 9.47 Å². The summed E-state index contributed by atoms with van der Waals surface area (Å²) in [5.74, 6) is 0.645. The average Bonchev–Trinajstić information content (AvgIpc) is 2.64. The third-order valence-corrected chi connectivity index (χ3v) is 3.92. The minimum absolute atomic E-state index is 0.192. The van der Waals surface area contributed by atoms with E-state index in [1.165, 1.54) is 19.2 Å². The molecule has 0 atom stereocenters. The summed E-state index contributed by atoms with van der Waals surface area (Å²) in [6.07, 6.45) is -1.72. The first kappa shape index (κ1) is 21.6. The summed E-state index contributed by atoms with van der Waals surface area (Å²) in [6, 6.07) is 3.83. The number of methoxy groups -OCH3 is 1. The molecule has 0 radical (unpaired) electrons. The molecule has 0 fully saturated rings. The van der Waals surface area contributed by atoms with Crippen molar-refractivity contribution in [1.82, 2.24) is 9.97 Å². The third-order valence-electron chi connectivity index (χ3n) is 3.92. The van der Waals surface area contributed by atoms with Crippen molar-refractivity contribution in [2.45, 2.75) is 39.5 Å². The minimum Gasteiger partial charge on any atom is -0.496 e. The minimum atomic E-state index is -4.78. The van der Waals surface area contributed by atoms with Crippen LogP contribution in [0.4, 0.5) is 19.0 Å². The Morgan fingerprint density at radius 3 is 2.50 bits per heavy atom. The molecule has 154 valence electrons. The van der Waals surface area contributed by atoms with Crippen molar-refractivity contribution in [3.05, 3.63) is 23.9 Å². The van der Waals surface area contributed by atoms with Crippen LogP contribution in [-0.4, -0.2) is 37.1 Å². The molecule has 2 rings (SSSR count). The van der Waals surface area contributed by atoms with Crippen molar-refractivity contribution in [1.29, 1.82) is 0 Å². The van der Waals surface area contributed by atoms with E-state index in [0.717, 1.165) is 25.3 Å². The van der Waals surface area contributed by atoms with Gasteiger partial charge in [0, 0.05) is 18.7 Å². The highest BCUT2D eigenvalue weighted by Gasteiger charge is 2.31. The fraction of sp³-hybridized carbons (Fsp3) is 0.474. The van der Waals surface area contributed by atoms with Crippen LogP contribution in [0, 0.1) is 6.92 Å². The third kappa shape index (κ3) is 5.64. The van der Waals surface area contributed by atoms with Crippen LogP contribution in [-0.2, 0) is 0 Å². The van der Waals surface area contributed by atoms with Crippen molar-refractivity contribution in [3.8, 4) is 28.6 Å². The Bertz CT molecular complexity index is 798. The predicted molar refractivity (Wildman–Crippen MR) is 100 cm³/mol. The topological polar surface area (TPSA) is 65.5 Å². The van der Waals surface area contributed by atoms with Crippen LogP contribution in [0.2, 0.25) is 0 Å². The van der Waals surface area contributed by atoms with Crippen molar-refractivity contribution < 1.29 is 27.4 Å². The van der Waals surface area contributed by atoms with Crippen LogP contribution in [0.1, 0.15) is 31.9 Å². The predicted octanol–water partition coefficient (Wildman–Crippen LogP) is 4.97. The fourth-order valence-electron chi connectivity index (χ4n) is 2.60. The molecular formula is C19H24F3N3O3. The second-order valence-corrected chi connectivity index (χ2v) is 6.03. The van der Waals surface area contributed by atoms with E-state index in [-0.39, 0.29) is 11.5 Å². The number of anilines is 1. The zero-order valence-electron chi connectivity index (χ0n) is 16.3. The number of unbranched alkanes of at least 4 members (excludes halogenated alkanes) is 2. The number of aryl methyl sites for hydroxylation is 1. The van der Waals surface area contributed by atoms with Gasteiger partial charge in [-0.3, -0.25) is 0 Å². The van der Waals surface area contributed by atoms with Gasteiger partial charge in [0.1, 0.15) is 11.5 Å². The lowest BCUT2D eigenvalue weighted by atomic mass is 10.1. The molecule has 0 aliphatic carbocycles. The first-order chi connectivity index (χ1) is 13.3. The molecule has 2 aromatic rings. The molecule has 0 amide bonds. The fourth-order valence-corrected chi connectivity index (χ4v) is 2.60. The second kappa shape index (κ2) is 9.48. The first-order valence-corrected chi connectivity index (χ1v) is 8.92. The summed E-state index contributed by atoms with van der Waals surface area (Å²) < 4.78 is 52.3. The summed E-state index contributed by atoms with van der Waals surface area (Å²) in [7, 11) is 3.06. The number of rotatable bonds is 9. The Labute approximate surface area is 162 Å². The van der Waals surface area contributed by atoms with Crippen LogP contribution in [0.5, 0.6) is 17.4 Å². The molecule has 0 aliphatic heterocycles. The number of nitrogens with zero attached hydrogens (tertiary/aromatic N) is 2. The maximum absolute atomic E-state index is 12.5. The van der Waals surface area contributed by atoms with Gasteiger partial charge in [0.2, 0.25) is 0 Å². The van der Waals surface area contributed by atoms with E-state index in [2.05, 4.69) is 26.9 Å². The van der Waals surface area contributed by atoms with Crippen LogP contribution in [0.15, 0.2) is 18.2 Å². The number of hydrogen-bond acceptors (Lipinski definition) is 6. The Balaban J connectivity index is 2.36. The van der Waals surface area contributed by atoms with E-state index in [1.54, 1.807) is 14.0 Å². The van der Waals surface area contributed by atoms with E-state index in [0.29, 0.717) is 35.3 Å². The van der Waals surface area contributed by atoms with Gasteiger partial charge in [0.05, 0.1) is 25.1 Å². The number of alkyl halides is 3. The Morgan fingerprint density at radius 2 is 1.89 bits per heavy atom. The van der Waals surface area contributed by atoms with Gasteiger partial charge in [-0.15, -0.1) is 13.2 Å². The maximum atomic E-state index is 12.5. The molecule has 6 nitrogen and oxygen atoms in total. The Morgan fingerprint density at radius 1 is 1.14 bits per heavy atom. The monoisotopic (exact) mass is 399 g/mol. The van der Waals surface area contributed by atoms with Crippen LogP contribution < -0.4 is 19.5 Å². The zero-order valence-corrected chi connectivity index (χ0v) is 16.3. The molecule has 0 aliphatic rings. The summed E-state index contributed by atoms with van der Waals surface area (Å²) in [6.45, 7) is 4.39. The molecule has 0 unspecified atom stereocenters. The molecule has 0 saturated carbocycles. The molecule has 0 spiro atoms. The number of halogens is 3. The van der Waals surface area contributed by atoms with Gasteiger partial charge in [-0.1, -0.05) is 19.8 Å². The number of benzene rings is 1. The smallest absolute Gasteiger partial charge is 0.496 e. The normalized spacial score (nSPS) is 11.2. The Hall–Kier alpha value is -2.71. The van der Waals surface area contributed by atoms with Gasteiger partial charge in [0.15, 0.2) is 5.82 Å². The van der Waals surface area contributed by atoms with Gasteiger partial charge in [-0.05, 0) is 25.5 Å². The lowest BCUT2D eigenvalue weighted by molar-refractivity contribution is -0.274. The van der Waals surface area contributed by atoms with Crippen LogP contribution in [0.25, 0.3) is 11.3 Å². The van der Waals surface area contributed by atoms with Crippen LogP contribution in [0.3, 0.4) is 0 Å². The highest BCUT2D eigenvalue weighted by Crippen LogP contribution is 2.37. The molecule has 1 heterocycles. The van der Waals surface area contributed by atoms with Gasteiger partial charge >= 0.3 is 6.36 Å². The van der Waals surface area contributed by atoms with E-state index < -0.39 is 6.36 Å². The summed E-state index contributed by atoms with van der Waals surface area (Å²) >= 11 is 0. The lowest BCUT2D eigenvalue weighted by Crippen LogP contribution is -2.17. The highest BCUT2D eigenvalue weighted by molar-refractivity contribution is 5.72. The van der Waals surface area contributed by atoms with Crippen LogP contribution >= 0.6 is 0 Å². The van der Waals surface area contributed by atoms with Crippen molar-refractivity contribution >= 4 is 5.82 Å². The van der Waals surface area contributed by atoms with Crippen molar-refractivity contribution in [2.75, 3.05) is 26.1 Å². The SMILES string of the molecule is CCCCCOc1nc(C)c(-c2ccc(OC(F)(F)F)cc2OC)nc1NC. The molecular weight excluding hydrogens is 375 g/mol. The molecule has 0 saturated heterocycles. The largest absolute Gasteiger partial charge is 0.573 e. The quantitative estimate of drug-likeness (QED) is 0.601. The number of hydrogen-bond donors (Lipinski definition) is 1. The molecule has 28 heavy (non-hydrogen) atoms. The van der Waals surface area contributed by atoms with Crippen molar-refractivity contribution in [2.24, 2.45) is 0 Å². The second-order valence-electron chi connectivity index (χ2n) is 6.03. The van der Waals surface area contributed by atoms with Gasteiger partial charge in [0.25, 0.3) is 5.88 Å². The van der Waals surface area contributed by atoms with E-state index >= 15 is 0 Å². The molecule has 9 heteroatoms. The Kier molecular flexibility index (Phi) is 7.31. The van der Waals surface area contributed by atoms with Crippen molar-refractivity contribution in [3.63, 3.8) is 0 Å². The van der Waals surface area contributed by atoms with Gasteiger partial charge in [-0.2, -0.15) is 0 Å². The lowest BCUT2D eigenvalue weighted by Gasteiger charge is -2.16. The molecule has 1 aromatic carbocycles. The molecule has 1 N–H and O–H groups in total. The number of aromatic nitrogens is 2. The van der Waals surface area contributed by atoms with E-state index in [9.17, 15) is 13.2 Å². The molecule has 0 bridgehead atoms. The summed E-state index contributed by atoms with van der Waals surface area (Å²) in [5.41, 5.74) is 1.53. The van der Waals surface area contributed by atoms with Gasteiger partial charge < -0.3 is 19.5 Å². The number of nitrogens with one attached hydrogen (secondary N) is 1. The summed E-state index contributed by atoms with van der Waals surface area (Å²) in [4.78, 5) is 8.99. The summed E-state index contributed by atoms with van der Waals surface area (Å²) in [5, 5.41) is 2.94. The number of ether oxygens (including phenoxy) is 3. The molecule has 1 aromatic heterocycles. The first-order valence-electron chi connectivity index (χ1n) is 8.92. The average molecular weight is 399 g/mol. The van der Waals surface area contributed by atoms with Gasteiger partial charge in [-0.25, -0.2) is 9.97 Å². The highest BCUT2D eigenvalue weighted by atomic mass is 19.4.